The molecule has 0 bridgehead atoms. The average molecular weight is 165 g/mol. The summed E-state index contributed by atoms with van der Waals surface area (Å²) in [4.78, 5) is 0. The van der Waals surface area contributed by atoms with Crippen LogP contribution in [0.4, 0.5) is 0 Å². The molecule has 0 aromatic carbocycles. The fourth-order valence-corrected chi connectivity index (χ4v) is 0.562. The van der Waals surface area contributed by atoms with Crippen molar-refractivity contribution in [2.45, 2.75) is 13.3 Å². The Morgan fingerprint density at radius 2 is 2.33 bits per heavy atom. The molecule has 1 unspecified atom stereocenters. The molecular formula is C8H12BNO2. The summed E-state index contributed by atoms with van der Waals surface area (Å²) in [7, 11) is -1.50. The highest BCUT2D eigenvalue weighted by atomic mass is 16.4. The third-order valence-corrected chi connectivity index (χ3v) is 1.37. The molecule has 0 aromatic heterocycles. The average Bonchev–Trinajstić information content (AvgIpc) is 2.03. The molecule has 2 N–H and O–H groups in total. The largest absolute Gasteiger partial charge is 0.487 e. The molecule has 64 valence electrons. The van der Waals surface area contributed by atoms with Crippen LogP contribution in [0, 0.1) is 17.2 Å². The normalized spacial score (nSPS) is 12.5. The van der Waals surface area contributed by atoms with E-state index in [9.17, 15) is 0 Å². The molecule has 0 fully saturated rings. The third-order valence-electron chi connectivity index (χ3n) is 1.37. The summed E-state index contributed by atoms with van der Waals surface area (Å²) in [6.07, 6.45) is 3.82. The van der Waals surface area contributed by atoms with Crippen molar-refractivity contribution in [3.8, 4) is 6.07 Å². The van der Waals surface area contributed by atoms with E-state index in [1.807, 2.05) is 0 Å². The molecule has 0 rings (SSSR count). The van der Waals surface area contributed by atoms with Gasteiger partial charge in [0, 0.05) is 5.92 Å². The van der Waals surface area contributed by atoms with Gasteiger partial charge in [0.2, 0.25) is 0 Å². The lowest BCUT2D eigenvalue weighted by molar-refractivity contribution is 0.421. The molecule has 0 aromatic rings. The first-order chi connectivity index (χ1) is 5.57. The Morgan fingerprint density at radius 3 is 2.75 bits per heavy atom. The topological polar surface area (TPSA) is 64.2 Å². The molecule has 12 heavy (non-hydrogen) atoms. The number of allylic oxidation sites excluding steroid dienone is 3. The van der Waals surface area contributed by atoms with E-state index < -0.39 is 7.12 Å². The number of hydrogen-bond acceptors (Lipinski definition) is 3. The highest BCUT2D eigenvalue weighted by Gasteiger charge is 2.07. The molecule has 0 spiro atoms. The maximum atomic E-state index is 8.58. The second-order valence-electron chi connectivity index (χ2n) is 2.62. The van der Waals surface area contributed by atoms with E-state index >= 15 is 0 Å². The van der Waals surface area contributed by atoms with Crippen molar-refractivity contribution in [3.63, 3.8) is 0 Å². The fraction of sp³-hybridized carbons (Fsp3) is 0.375. The Labute approximate surface area is 72.8 Å². The van der Waals surface area contributed by atoms with E-state index in [4.69, 9.17) is 15.3 Å². The highest BCUT2D eigenvalue weighted by molar-refractivity contribution is 6.51. The van der Waals surface area contributed by atoms with E-state index in [1.165, 1.54) is 6.08 Å². The fourth-order valence-electron chi connectivity index (χ4n) is 0.562. The molecule has 3 nitrogen and oxygen atoms in total. The minimum absolute atomic E-state index is 0.0510. The summed E-state index contributed by atoms with van der Waals surface area (Å²) >= 11 is 0. The van der Waals surface area contributed by atoms with Gasteiger partial charge in [0.15, 0.2) is 0 Å². The smallest absolute Gasteiger partial charge is 0.423 e. The van der Waals surface area contributed by atoms with Crippen LogP contribution in [0.25, 0.3) is 0 Å². The first-order valence-electron chi connectivity index (χ1n) is 3.69. The zero-order chi connectivity index (χ0) is 9.56. The summed E-state index contributed by atoms with van der Waals surface area (Å²) in [6.45, 7) is 5.20. The van der Waals surface area contributed by atoms with Crippen molar-refractivity contribution in [2.24, 2.45) is 5.92 Å². The maximum Gasteiger partial charge on any atom is 0.487 e. The summed E-state index contributed by atoms with van der Waals surface area (Å²) in [5, 5.41) is 25.6. The molecule has 1 atom stereocenters. The van der Waals surface area contributed by atoms with Crippen molar-refractivity contribution >= 4 is 7.12 Å². The van der Waals surface area contributed by atoms with Gasteiger partial charge in [-0.1, -0.05) is 18.7 Å². The van der Waals surface area contributed by atoms with Gasteiger partial charge >= 0.3 is 7.12 Å². The second-order valence-corrected chi connectivity index (χ2v) is 2.62. The van der Waals surface area contributed by atoms with Gasteiger partial charge in [-0.15, -0.1) is 0 Å². The molecule has 0 amide bonds. The molecule has 0 aliphatic heterocycles. The Kier molecular flexibility index (Phi) is 5.10. The van der Waals surface area contributed by atoms with E-state index in [0.29, 0.717) is 6.42 Å². The summed E-state index contributed by atoms with van der Waals surface area (Å²) in [5.41, 5.74) is 0.236. The molecule has 0 aliphatic carbocycles. The van der Waals surface area contributed by atoms with E-state index in [2.05, 4.69) is 12.6 Å². The van der Waals surface area contributed by atoms with Crippen LogP contribution in [0.3, 0.4) is 0 Å². The van der Waals surface area contributed by atoms with Crippen molar-refractivity contribution in [2.75, 3.05) is 0 Å². The summed E-state index contributed by atoms with van der Waals surface area (Å²) in [6, 6.07) is 2.06. The van der Waals surface area contributed by atoms with Crippen molar-refractivity contribution < 1.29 is 10.0 Å². The predicted molar refractivity (Wildman–Crippen MR) is 47.9 cm³/mol. The predicted octanol–water partition coefficient (Wildman–Crippen LogP) is 0.661. The Balaban J connectivity index is 3.79. The van der Waals surface area contributed by atoms with Crippen LogP contribution in [0.15, 0.2) is 24.2 Å². The van der Waals surface area contributed by atoms with Crippen LogP contribution in [-0.2, 0) is 0 Å². The Bertz CT molecular complexity index is 218. The zero-order valence-electron chi connectivity index (χ0n) is 7.07. The third kappa shape index (κ3) is 4.72. The van der Waals surface area contributed by atoms with E-state index in [-0.39, 0.29) is 11.4 Å². The Morgan fingerprint density at radius 1 is 1.75 bits per heavy atom. The molecule has 0 radical (unpaired) electrons. The number of nitrogens with zero attached hydrogens (tertiary/aromatic N) is 1. The van der Waals surface area contributed by atoms with Gasteiger partial charge in [0.25, 0.3) is 0 Å². The minimum Gasteiger partial charge on any atom is -0.423 e. The minimum atomic E-state index is -1.50. The lowest BCUT2D eigenvalue weighted by atomic mass is 9.80. The molecule has 4 heteroatoms. The summed E-state index contributed by atoms with van der Waals surface area (Å²) in [5.74, 6) is -0.0510. The number of nitriles is 1. The van der Waals surface area contributed by atoms with Gasteiger partial charge in [0.05, 0.1) is 6.07 Å². The number of hydrogen-bond donors (Lipinski definition) is 2. The van der Waals surface area contributed by atoms with Crippen LogP contribution in [0.1, 0.15) is 13.3 Å². The lowest BCUT2D eigenvalue weighted by Gasteiger charge is -1.96. The zero-order valence-corrected chi connectivity index (χ0v) is 7.07. The van der Waals surface area contributed by atoms with Gasteiger partial charge < -0.3 is 10.0 Å². The molecule has 0 saturated heterocycles. The van der Waals surface area contributed by atoms with E-state index in [0.717, 1.165) is 0 Å². The second kappa shape index (κ2) is 5.59. The van der Waals surface area contributed by atoms with Gasteiger partial charge in [-0.3, -0.25) is 0 Å². The Hall–Kier alpha value is -1.05. The highest BCUT2D eigenvalue weighted by Crippen LogP contribution is 2.02. The molecule has 0 saturated carbocycles. The quantitative estimate of drug-likeness (QED) is 0.475. The lowest BCUT2D eigenvalue weighted by Crippen LogP contribution is -2.12. The maximum absolute atomic E-state index is 8.58. The van der Waals surface area contributed by atoms with E-state index in [1.54, 1.807) is 13.0 Å². The SMILES string of the molecule is C=C(/C=C\CC(C)C#N)B(O)O. The van der Waals surface area contributed by atoms with Crippen LogP contribution in [0.2, 0.25) is 0 Å². The monoisotopic (exact) mass is 165 g/mol. The van der Waals surface area contributed by atoms with Gasteiger partial charge in [0.1, 0.15) is 0 Å². The number of rotatable bonds is 4. The van der Waals surface area contributed by atoms with Crippen LogP contribution < -0.4 is 0 Å². The van der Waals surface area contributed by atoms with Gasteiger partial charge in [-0.2, -0.15) is 5.26 Å². The first kappa shape index (κ1) is 11.0. The van der Waals surface area contributed by atoms with Crippen molar-refractivity contribution in [3.05, 3.63) is 24.2 Å². The standard InChI is InChI=1S/C8H12BNO2/c1-7(6-10)4-3-5-8(2)9(11)12/h3,5,7,11-12H,2,4H2,1H3/b5-3-. The molecule has 0 aliphatic rings. The van der Waals surface area contributed by atoms with Crippen molar-refractivity contribution in [1.29, 1.82) is 5.26 Å². The van der Waals surface area contributed by atoms with Gasteiger partial charge in [-0.25, -0.2) is 0 Å². The van der Waals surface area contributed by atoms with Crippen LogP contribution in [0.5, 0.6) is 0 Å². The summed E-state index contributed by atoms with van der Waals surface area (Å²) < 4.78 is 0. The van der Waals surface area contributed by atoms with Crippen LogP contribution >= 0.6 is 0 Å². The van der Waals surface area contributed by atoms with Crippen LogP contribution in [-0.4, -0.2) is 17.2 Å². The molecular weight excluding hydrogens is 153 g/mol. The molecule has 0 heterocycles. The van der Waals surface area contributed by atoms with Gasteiger partial charge in [-0.05, 0) is 18.8 Å². The first-order valence-corrected chi connectivity index (χ1v) is 3.69. The van der Waals surface area contributed by atoms with Crippen molar-refractivity contribution in [1.82, 2.24) is 0 Å².